The Kier molecular flexibility index (Phi) is 6.15. The van der Waals surface area contributed by atoms with E-state index >= 15 is 0 Å². The first kappa shape index (κ1) is 20.2. The summed E-state index contributed by atoms with van der Waals surface area (Å²) in [6, 6.07) is 10.7. The molecule has 0 saturated carbocycles. The smallest absolute Gasteiger partial charge is 0.252 e. The Bertz CT molecular complexity index is 1010. The Labute approximate surface area is 174 Å². The number of hydrogen-bond acceptors (Lipinski definition) is 6. The van der Waals surface area contributed by atoms with E-state index in [-0.39, 0.29) is 0 Å². The number of nitrogens with one attached hydrogen (secondary N) is 1. The summed E-state index contributed by atoms with van der Waals surface area (Å²) in [6.07, 6.45) is 4.10. The van der Waals surface area contributed by atoms with Gasteiger partial charge >= 0.3 is 0 Å². The average molecular weight is 410 g/mol. The van der Waals surface area contributed by atoms with E-state index in [0.717, 1.165) is 42.6 Å². The van der Waals surface area contributed by atoms with E-state index in [4.69, 9.17) is 19.9 Å². The van der Waals surface area contributed by atoms with Gasteiger partial charge in [-0.1, -0.05) is 0 Å². The number of primary amides is 1. The molecule has 8 heteroatoms. The van der Waals surface area contributed by atoms with E-state index < -0.39 is 5.91 Å². The molecule has 2 aromatic carbocycles. The molecule has 0 bridgehead atoms. The van der Waals surface area contributed by atoms with Gasteiger partial charge in [0.1, 0.15) is 23.9 Å². The summed E-state index contributed by atoms with van der Waals surface area (Å²) in [4.78, 5) is 11.9. The van der Waals surface area contributed by atoms with Crippen LogP contribution in [-0.2, 0) is 11.8 Å². The zero-order chi connectivity index (χ0) is 20.9. The fourth-order valence-electron chi connectivity index (χ4n) is 3.52. The number of fused-ring (bicyclic) bond motifs is 1. The molecule has 4 rings (SSSR count). The first-order valence-corrected chi connectivity index (χ1v) is 10.1. The lowest BCUT2D eigenvalue weighted by Gasteiger charge is -2.22. The number of piperidine rings is 1. The molecule has 3 aromatic rings. The Hall–Kier alpha value is -3.10. The third-order valence-electron chi connectivity index (χ3n) is 5.16. The maximum absolute atomic E-state index is 11.9. The summed E-state index contributed by atoms with van der Waals surface area (Å²) in [5, 5.41) is 8.35. The molecule has 1 aliphatic heterocycles. The molecule has 0 unspecified atom stereocenters. The minimum Gasteiger partial charge on any atom is -0.491 e. The predicted octanol–water partition coefficient (Wildman–Crippen LogP) is 2.61. The van der Waals surface area contributed by atoms with Crippen LogP contribution in [-0.4, -0.2) is 48.1 Å². The molecule has 1 aromatic heterocycles. The van der Waals surface area contributed by atoms with Gasteiger partial charge in [0.15, 0.2) is 0 Å². The summed E-state index contributed by atoms with van der Waals surface area (Å²) < 4.78 is 19.2. The van der Waals surface area contributed by atoms with Crippen molar-refractivity contribution in [1.29, 1.82) is 0 Å². The second-order valence-electron chi connectivity index (χ2n) is 7.28. The van der Waals surface area contributed by atoms with Crippen molar-refractivity contribution in [2.24, 2.45) is 12.8 Å². The van der Waals surface area contributed by atoms with Crippen LogP contribution in [0.1, 0.15) is 23.2 Å². The van der Waals surface area contributed by atoms with Crippen molar-refractivity contribution in [3.63, 3.8) is 0 Å². The first-order chi connectivity index (χ1) is 14.6. The number of benzene rings is 2. The second kappa shape index (κ2) is 9.15. The highest BCUT2D eigenvalue weighted by Gasteiger charge is 2.15. The van der Waals surface area contributed by atoms with Gasteiger partial charge < -0.3 is 25.3 Å². The van der Waals surface area contributed by atoms with Crippen molar-refractivity contribution in [3.8, 4) is 17.2 Å². The molecule has 8 nitrogen and oxygen atoms in total. The summed E-state index contributed by atoms with van der Waals surface area (Å²) >= 11 is 0. The van der Waals surface area contributed by atoms with E-state index in [2.05, 4.69) is 10.4 Å². The molecule has 0 aliphatic carbocycles. The molecule has 3 N–H and O–H groups in total. The van der Waals surface area contributed by atoms with Crippen LogP contribution in [0.15, 0.2) is 42.6 Å². The van der Waals surface area contributed by atoms with Gasteiger partial charge in [0.05, 0.1) is 30.0 Å². The van der Waals surface area contributed by atoms with E-state index in [1.807, 2.05) is 19.2 Å². The highest BCUT2D eigenvalue weighted by molar-refractivity contribution is 6.00. The fraction of sp³-hybridized carbons (Fsp3) is 0.364. The first-order valence-electron chi connectivity index (χ1n) is 10.1. The third-order valence-corrected chi connectivity index (χ3v) is 5.16. The van der Waals surface area contributed by atoms with Gasteiger partial charge in [-0.05, 0) is 56.3 Å². The number of carbonyl (C=O) groups is 1. The maximum atomic E-state index is 11.9. The Balaban J connectivity index is 1.36. The van der Waals surface area contributed by atoms with Crippen LogP contribution < -0.4 is 20.5 Å². The molecule has 1 aliphatic rings. The fourth-order valence-corrected chi connectivity index (χ4v) is 3.52. The number of hydrogen-bond donors (Lipinski definition) is 2. The number of aromatic nitrogens is 2. The van der Waals surface area contributed by atoms with Crippen molar-refractivity contribution in [3.05, 3.63) is 48.2 Å². The van der Waals surface area contributed by atoms with E-state index in [1.165, 1.54) is 0 Å². The van der Waals surface area contributed by atoms with E-state index in [0.29, 0.717) is 36.4 Å². The molecule has 1 fully saturated rings. The monoisotopic (exact) mass is 410 g/mol. The van der Waals surface area contributed by atoms with Gasteiger partial charge in [-0.15, -0.1) is 0 Å². The number of rotatable bonds is 8. The molecular weight excluding hydrogens is 384 g/mol. The normalized spacial score (nSPS) is 14.7. The Morgan fingerprint density at radius 1 is 1.17 bits per heavy atom. The lowest BCUT2D eigenvalue weighted by Crippen LogP contribution is -2.33. The molecule has 0 radical (unpaired) electrons. The number of amides is 1. The molecule has 2 heterocycles. The summed E-state index contributed by atoms with van der Waals surface area (Å²) in [6.45, 7) is 3.08. The van der Waals surface area contributed by atoms with Gasteiger partial charge in [-0.25, -0.2) is 0 Å². The van der Waals surface area contributed by atoms with Gasteiger partial charge in [-0.3, -0.25) is 9.48 Å². The predicted molar refractivity (Wildman–Crippen MR) is 113 cm³/mol. The van der Waals surface area contributed by atoms with Crippen LogP contribution in [0, 0.1) is 0 Å². The van der Waals surface area contributed by atoms with Gasteiger partial charge in [0.2, 0.25) is 0 Å². The summed E-state index contributed by atoms with van der Waals surface area (Å²) in [5.41, 5.74) is 6.69. The second-order valence-corrected chi connectivity index (χ2v) is 7.28. The highest BCUT2D eigenvalue weighted by Crippen LogP contribution is 2.30. The zero-order valence-corrected chi connectivity index (χ0v) is 17.0. The Morgan fingerprint density at radius 2 is 1.90 bits per heavy atom. The molecule has 1 saturated heterocycles. The van der Waals surface area contributed by atoms with Crippen molar-refractivity contribution in [1.82, 2.24) is 15.1 Å². The number of aryl methyl sites for hydroxylation is 1. The van der Waals surface area contributed by atoms with Crippen molar-refractivity contribution in [2.45, 2.75) is 18.9 Å². The minimum absolute atomic E-state index is 0.311. The molecule has 30 heavy (non-hydrogen) atoms. The van der Waals surface area contributed by atoms with E-state index in [9.17, 15) is 4.79 Å². The largest absolute Gasteiger partial charge is 0.491 e. The number of ether oxygens (including phenoxy) is 3. The molecular formula is C22H26N4O4. The van der Waals surface area contributed by atoms with Gasteiger partial charge in [0, 0.05) is 18.5 Å². The highest BCUT2D eigenvalue weighted by atomic mass is 16.5. The van der Waals surface area contributed by atoms with Crippen molar-refractivity contribution < 1.29 is 19.0 Å². The Morgan fingerprint density at radius 3 is 2.63 bits per heavy atom. The van der Waals surface area contributed by atoms with Crippen LogP contribution in [0.25, 0.3) is 10.9 Å². The molecule has 1 amide bonds. The standard InChI is InChI=1S/C22H26N4O4/c1-26-20-13-21(19(22(23)27)12-15(20)14-25-26)30-18-4-2-16(3-5-18)28-10-11-29-17-6-8-24-9-7-17/h2-5,12-14,17,24H,6-11H2,1H3,(H2,23,27). The van der Waals surface area contributed by atoms with Gasteiger partial charge in [0.25, 0.3) is 5.91 Å². The average Bonchev–Trinajstić information content (AvgIpc) is 3.12. The van der Waals surface area contributed by atoms with Gasteiger partial charge in [-0.2, -0.15) is 5.10 Å². The number of nitrogens with two attached hydrogens (primary N) is 1. The SMILES string of the molecule is Cn1ncc2cc(C(N)=O)c(Oc3ccc(OCCOC4CCNCC4)cc3)cc21. The lowest BCUT2D eigenvalue weighted by atomic mass is 10.1. The van der Waals surface area contributed by atoms with Crippen LogP contribution in [0.3, 0.4) is 0 Å². The van der Waals surface area contributed by atoms with Crippen LogP contribution in [0.4, 0.5) is 0 Å². The molecule has 158 valence electrons. The summed E-state index contributed by atoms with van der Waals surface area (Å²) in [7, 11) is 1.83. The molecule has 0 spiro atoms. The minimum atomic E-state index is -0.551. The zero-order valence-electron chi connectivity index (χ0n) is 17.0. The van der Waals surface area contributed by atoms with Crippen molar-refractivity contribution >= 4 is 16.8 Å². The number of carbonyl (C=O) groups excluding carboxylic acids is 1. The van der Waals surface area contributed by atoms with Crippen LogP contribution >= 0.6 is 0 Å². The third kappa shape index (κ3) is 4.72. The summed E-state index contributed by atoms with van der Waals surface area (Å²) in [5.74, 6) is 1.15. The van der Waals surface area contributed by atoms with E-state index in [1.54, 1.807) is 35.1 Å². The maximum Gasteiger partial charge on any atom is 0.252 e. The van der Waals surface area contributed by atoms with Crippen LogP contribution in [0.5, 0.6) is 17.2 Å². The van der Waals surface area contributed by atoms with Crippen molar-refractivity contribution in [2.75, 3.05) is 26.3 Å². The van der Waals surface area contributed by atoms with Crippen LogP contribution in [0.2, 0.25) is 0 Å². The number of nitrogens with zero attached hydrogens (tertiary/aromatic N) is 2. The quantitative estimate of drug-likeness (QED) is 0.554. The molecule has 0 atom stereocenters. The lowest BCUT2D eigenvalue weighted by molar-refractivity contribution is 0.0168. The topological polar surface area (TPSA) is 101 Å².